The average Bonchev–Trinajstić information content (AvgIpc) is 2.27. The molecule has 1 unspecified atom stereocenters. The van der Waals surface area contributed by atoms with Crippen molar-refractivity contribution in [3.8, 4) is 0 Å². The molecule has 0 amide bonds. The van der Waals surface area contributed by atoms with Gasteiger partial charge in [-0.1, -0.05) is 25.1 Å². The average molecular weight is 210 g/mol. The highest BCUT2D eigenvalue weighted by Crippen LogP contribution is 2.21. The van der Waals surface area contributed by atoms with Crippen molar-refractivity contribution < 1.29 is 9.53 Å². The van der Waals surface area contributed by atoms with E-state index in [0.717, 1.165) is 5.56 Å². The number of methoxy groups -OCH3 is 1. The van der Waals surface area contributed by atoms with Crippen LogP contribution in [0.5, 0.6) is 0 Å². The Morgan fingerprint density at radius 3 is 2.71 bits per heavy atom. The summed E-state index contributed by atoms with van der Waals surface area (Å²) in [6.07, 6.45) is 0. The molecule has 0 spiro atoms. The van der Waals surface area contributed by atoms with E-state index in [9.17, 15) is 4.79 Å². The molecule has 0 aliphatic rings. The summed E-state index contributed by atoms with van der Waals surface area (Å²) < 4.78 is 4.71. The fourth-order valence-corrected chi connectivity index (χ4v) is 1.52. The highest BCUT2D eigenvalue weighted by Gasteiger charge is 2.14. The van der Waals surface area contributed by atoms with Crippen LogP contribution in [0.25, 0.3) is 0 Å². The van der Waals surface area contributed by atoms with Gasteiger partial charge < -0.3 is 4.74 Å². The van der Waals surface area contributed by atoms with Crippen LogP contribution < -0.4 is 0 Å². The molecule has 0 aliphatic heterocycles. The minimum Gasteiger partial charge on any atom is -0.465 e. The molecule has 0 fully saturated rings. The zero-order valence-corrected chi connectivity index (χ0v) is 9.25. The van der Waals surface area contributed by atoms with E-state index < -0.39 is 0 Å². The largest absolute Gasteiger partial charge is 0.465 e. The van der Waals surface area contributed by atoms with Gasteiger partial charge in [0.25, 0.3) is 0 Å². The lowest BCUT2D eigenvalue weighted by atomic mass is 9.97. The Labute approximate surface area is 89.7 Å². The van der Waals surface area contributed by atoms with E-state index in [1.165, 1.54) is 7.11 Å². The van der Waals surface area contributed by atoms with E-state index in [1.54, 1.807) is 6.07 Å². The first-order chi connectivity index (χ1) is 6.70. The lowest BCUT2D eigenvalue weighted by Gasteiger charge is -2.12. The lowest BCUT2D eigenvalue weighted by molar-refractivity contribution is 0.0599. The third-order valence-corrected chi connectivity index (χ3v) is 2.72. The number of thiol groups is 1. The molecule has 0 heterocycles. The van der Waals surface area contributed by atoms with E-state index in [1.807, 2.05) is 25.1 Å². The molecule has 0 saturated heterocycles. The fraction of sp³-hybridized carbons (Fsp3) is 0.364. The number of hydrogen-bond acceptors (Lipinski definition) is 3. The molecule has 1 aromatic rings. The molecule has 1 atom stereocenters. The highest BCUT2D eigenvalue weighted by molar-refractivity contribution is 7.80. The van der Waals surface area contributed by atoms with Crippen LogP contribution in [0.2, 0.25) is 0 Å². The molecule has 0 bridgehead atoms. The van der Waals surface area contributed by atoms with Gasteiger partial charge in [-0.2, -0.15) is 12.6 Å². The third-order valence-electron chi connectivity index (χ3n) is 2.17. The first-order valence-corrected chi connectivity index (χ1v) is 5.12. The SMILES string of the molecule is COC(=O)c1ccccc1C(C)CS. The number of carbonyl (C=O) groups excluding carboxylic acids is 1. The summed E-state index contributed by atoms with van der Waals surface area (Å²) in [5.74, 6) is 0.691. The fourth-order valence-electron chi connectivity index (χ4n) is 1.32. The van der Waals surface area contributed by atoms with E-state index in [4.69, 9.17) is 4.74 Å². The smallest absolute Gasteiger partial charge is 0.338 e. The molecular formula is C11H14O2S. The first-order valence-electron chi connectivity index (χ1n) is 4.48. The quantitative estimate of drug-likeness (QED) is 0.613. The van der Waals surface area contributed by atoms with Crippen molar-refractivity contribution in [2.45, 2.75) is 12.8 Å². The number of carbonyl (C=O) groups is 1. The topological polar surface area (TPSA) is 26.3 Å². The van der Waals surface area contributed by atoms with Gasteiger partial charge in [-0.05, 0) is 23.3 Å². The molecule has 76 valence electrons. The minimum atomic E-state index is -0.283. The molecule has 0 N–H and O–H groups in total. The van der Waals surface area contributed by atoms with E-state index in [-0.39, 0.29) is 11.9 Å². The molecule has 3 heteroatoms. The van der Waals surface area contributed by atoms with Crippen LogP contribution >= 0.6 is 12.6 Å². The van der Waals surface area contributed by atoms with E-state index in [0.29, 0.717) is 11.3 Å². The maximum Gasteiger partial charge on any atom is 0.338 e. The Kier molecular flexibility index (Phi) is 4.01. The van der Waals surface area contributed by atoms with Gasteiger partial charge in [0.05, 0.1) is 12.7 Å². The predicted octanol–water partition coefficient (Wildman–Crippen LogP) is 2.51. The molecule has 1 aromatic carbocycles. The summed E-state index contributed by atoms with van der Waals surface area (Å²) in [6.45, 7) is 2.04. The number of hydrogen-bond donors (Lipinski definition) is 1. The summed E-state index contributed by atoms with van der Waals surface area (Å²) in [5, 5.41) is 0. The monoisotopic (exact) mass is 210 g/mol. The Morgan fingerprint density at radius 2 is 2.14 bits per heavy atom. The van der Waals surface area contributed by atoms with Gasteiger partial charge in [-0.25, -0.2) is 4.79 Å². The van der Waals surface area contributed by atoms with Crippen molar-refractivity contribution in [1.82, 2.24) is 0 Å². The Balaban J connectivity index is 3.09. The van der Waals surface area contributed by atoms with Crippen LogP contribution in [0.3, 0.4) is 0 Å². The molecular weight excluding hydrogens is 196 g/mol. The van der Waals surface area contributed by atoms with Gasteiger partial charge in [-0.3, -0.25) is 0 Å². The molecule has 14 heavy (non-hydrogen) atoms. The van der Waals surface area contributed by atoms with Crippen molar-refractivity contribution in [3.05, 3.63) is 35.4 Å². The standard InChI is InChI=1S/C11H14O2S/c1-8(7-14)9-5-3-4-6-10(9)11(12)13-2/h3-6,8,14H,7H2,1-2H3. The first kappa shape index (κ1) is 11.1. The number of rotatable bonds is 3. The van der Waals surface area contributed by atoms with Crippen molar-refractivity contribution in [2.75, 3.05) is 12.9 Å². The van der Waals surface area contributed by atoms with Gasteiger partial charge >= 0.3 is 5.97 Å². The van der Waals surface area contributed by atoms with Crippen molar-refractivity contribution in [2.24, 2.45) is 0 Å². The van der Waals surface area contributed by atoms with Crippen LogP contribution in [0.15, 0.2) is 24.3 Å². The Bertz CT molecular complexity index is 323. The predicted molar refractivity (Wildman–Crippen MR) is 60.0 cm³/mol. The van der Waals surface area contributed by atoms with Gasteiger partial charge in [-0.15, -0.1) is 0 Å². The molecule has 0 aliphatic carbocycles. The summed E-state index contributed by atoms with van der Waals surface area (Å²) in [6, 6.07) is 7.47. The lowest BCUT2D eigenvalue weighted by Crippen LogP contribution is -2.08. The number of benzene rings is 1. The molecule has 0 saturated carbocycles. The summed E-state index contributed by atoms with van der Waals surface area (Å²) in [5.41, 5.74) is 1.63. The molecule has 2 nitrogen and oxygen atoms in total. The van der Waals surface area contributed by atoms with Crippen molar-refractivity contribution in [3.63, 3.8) is 0 Å². The van der Waals surface area contributed by atoms with Gasteiger partial charge in [0.2, 0.25) is 0 Å². The van der Waals surface area contributed by atoms with E-state index >= 15 is 0 Å². The summed E-state index contributed by atoms with van der Waals surface area (Å²) >= 11 is 4.22. The van der Waals surface area contributed by atoms with Crippen LogP contribution in [0, 0.1) is 0 Å². The van der Waals surface area contributed by atoms with Gasteiger partial charge in [0.1, 0.15) is 0 Å². The maximum atomic E-state index is 11.4. The number of ether oxygens (including phenoxy) is 1. The van der Waals surface area contributed by atoms with Crippen molar-refractivity contribution in [1.29, 1.82) is 0 Å². The molecule has 0 radical (unpaired) electrons. The third kappa shape index (κ3) is 2.29. The second-order valence-corrected chi connectivity index (χ2v) is 3.53. The summed E-state index contributed by atoms with van der Waals surface area (Å²) in [7, 11) is 1.39. The van der Waals surface area contributed by atoms with Crippen LogP contribution in [-0.4, -0.2) is 18.8 Å². The summed E-state index contributed by atoms with van der Waals surface area (Å²) in [4.78, 5) is 11.4. The molecule has 1 rings (SSSR count). The van der Waals surface area contributed by atoms with E-state index in [2.05, 4.69) is 12.6 Å². The normalized spacial score (nSPS) is 12.2. The maximum absolute atomic E-state index is 11.4. The zero-order valence-electron chi connectivity index (χ0n) is 8.36. The van der Waals surface area contributed by atoms with Gasteiger partial charge in [0, 0.05) is 0 Å². The van der Waals surface area contributed by atoms with Crippen LogP contribution in [0.1, 0.15) is 28.8 Å². The second-order valence-electron chi connectivity index (χ2n) is 3.16. The van der Waals surface area contributed by atoms with Crippen molar-refractivity contribution >= 4 is 18.6 Å². The van der Waals surface area contributed by atoms with Crippen LogP contribution in [-0.2, 0) is 4.74 Å². The zero-order chi connectivity index (χ0) is 10.6. The molecule has 0 aromatic heterocycles. The van der Waals surface area contributed by atoms with Crippen LogP contribution in [0.4, 0.5) is 0 Å². The van der Waals surface area contributed by atoms with Gasteiger partial charge in [0.15, 0.2) is 0 Å². The Hall–Kier alpha value is -0.960. The number of esters is 1. The Morgan fingerprint density at radius 1 is 1.50 bits per heavy atom. The highest BCUT2D eigenvalue weighted by atomic mass is 32.1. The second kappa shape index (κ2) is 5.05. The minimum absolute atomic E-state index is 0.258.